The van der Waals surface area contributed by atoms with Gasteiger partial charge in [0.05, 0.1) is 0 Å². The second kappa shape index (κ2) is 59.0. The Balaban J connectivity index is -0.0000000257. The highest BCUT2D eigenvalue weighted by Crippen LogP contribution is 1.56. The van der Waals surface area contributed by atoms with Gasteiger partial charge < -0.3 is 0 Å². The van der Waals surface area contributed by atoms with Crippen LogP contribution in [-0.2, 0) is 0 Å². The van der Waals surface area contributed by atoms with Gasteiger partial charge in [0.25, 0.3) is 0 Å². The van der Waals surface area contributed by atoms with Gasteiger partial charge in [-0.3, -0.25) is 0 Å². The van der Waals surface area contributed by atoms with E-state index in [1.165, 1.54) is 19.3 Å². The summed E-state index contributed by atoms with van der Waals surface area (Å²) in [4.78, 5) is 0. The molecule has 10 heavy (non-hydrogen) atoms. The van der Waals surface area contributed by atoms with E-state index in [9.17, 15) is 0 Å². The number of rotatable bonds is 0. The molecule has 0 aromatic carbocycles. The summed E-state index contributed by atoms with van der Waals surface area (Å²) in [6, 6.07) is 0. The van der Waals surface area contributed by atoms with Crippen molar-refractivity contribution in [3.8, 4) is 0 Å². The monoisotopic (exact) mass is 168 g/mol. The Morgan fingerprint density at radius 2 is 0.500 bits per heavy atom. The lowest BCUT2D eigenvalue weighted by Gasteiger charge is -1.48. The lowest BCUT2D eigenvalue weighted by atomic mass is 10.6. The molecule has 0 saturated carbocycles. The summed E-state index contributed by atoms with van der Waals surface area (Å²) in [7, 11) is 0. The molecule has 0 nitrogen and oxygen atoms in total. The summed E-state index contributed by atoms with van der Waals surface area (Å²) >= 11 is 0. The van der Waals surface area contributed by atoms with Crippen LogP contribution >= 0.6 is 12.4 Å². The van der Waals surface area contributed by atoms with Crippen molar-refractivity contribution in [1.29, 1.82) is 0 Å². The fourth-order valence-electron chi connectivity index (χ4n) is 0. The third-order valence-electron chi connectivity index (χ3n) is 0. The van der Waals surface area contributed by atoms with Gasteiger partial charge in [-0.2, -0.15) is 0 Å². The zero-order valence-corrected chi connectivity index (χ0v) is 9.35. The summed E-state index contributed by atoms with van der Waals surface area (Å²) in [6.45, 7) is 12.8. The van der Waals surface area contributed by atoms with E-state index >= 15 is 0 Å². The molecule has 1 heteroatoms. The molecule has 0 atom stereocenters. The van der Waals surface area contributed by atoms with Gasteiger partial charge in [0.1, 0.15) is 0 Å². The Bertz CT molecular complexity index is 9.44. The van der Waals surface area contributed by atoms with E-state index in [4.69, 9.17) is 0 Å². The van der Waals surface area contributed by atoms with Crippen LogP contribution in [0.4, 0.5) is 0 Å². The first kappa shape index (κ1) is 22.4. The Kier molecular flexibility index (Phi) is 132. The van der Waals surface area contributed by atoms with Gasteiger partial charge in [0, 0.05) is 0 Å². The van der Waals surface area contributed by atoms with E-state index in [1.807, 2.05) is 0 Å². The minimum atomic E-state index is 0. The third kappa shape index (κ3) is 5240. The Morgan fingerprint density at radius 3 is 0.500 bits per heavy atom. The molecule has 0 saturated heterocycles. The van der Waals surface area contributed by atoms with E-state index < -0.39 is 0 Å². The van der Waals surface area contributed by atoms with Crippen molar-refractivity contribution in [3.05, 3.63) is 0 Å². The van der Waals surface area contributed by atoms with Crippen molar-refractivity contribution in [2.45, 2.75) is 60.8 Å². The van der Waals surface area contributed by atoms with E-state index in [1.54, 1.807) is 0 Å². The van der Waals surface area contributed by atoms with Crippen molar-refractivity contribution in [1.82, 2.24) is 0 Å². The number of hydrogen-bond donors (Lipinski definition) is 0. The summed E-state index contributed by atoms with van der Waals surface area (Å²) in [5, 5.41) is 0. The summed E-state index contributed by atoms with van der Waals surface area (Å²) in [6.07, 6.45) is 3.75. The standard InChI is InChI=1S/3C3H8.ClH/c3*1-3-2;/h3*3H2,1-2H3;1H. The highest BCUT2D eigenvalue weighted by Gasteiger charge is 1.36. The molecule has 0 fully saturated rings. The molecule has 0 N–H and O–H groups in total. The van der Waals surface area contributed by atoms with Crippen LogP contribution in [0, 0.1) is 0 Å². The maximum Gasteiger partial charge on any atom is -0.0590 e. The largest absolute Gasteiger partial charge is 0.147 e. The molecule has 0 heterocycles. The average molecular weight is 169 g/mol. The van der Waals surface area contributed by atoms with Crippen LogP contribution < -0.4 is 0 Å². The molecule has 0 aromatic heterocycles. The van der Waals surface area contributed by atoms with Crippen LogP contribution in [0.1, 0.15) is 60.8 Å². The molecular formula is C9H25Cl. The lowest BCUT2D eigenvalue weighted by Crippen LogP contribution is -1.27. The normalized spacial score (nSPS) is 5.40. The molecule has 0 aromatic rings. The second-order valence-electron chi connectivity index (χ2n) is 2.12. The van der Waals surface area contributed by atoms with Gasteiger partial charge in [0.2, 0.25) is 0 Å². The first-order chi connectivity index (χ1) is 4.24. The highest BCUT2D eigenvalue weighted by molar-refractivity contribution is 5.85. The second-order valence-corrected chi connectivity index (χ2v) is 2.12. The SMILES string of the molecule is CCC.CCC.CCC.Cl. The Labute approximate surface area is 73.8 Å². The predicted octanol–water partition coefficient (Wildman–Crippen LogP) is 4.67. The fraction of sp³-hybridized carbons (Fsp3) is 1.00. The molecule has 0 aliphatic heterocycles. The quantitative estimate of drug-likeness (QED) is 0.493. The van der Waals surface area contributed by atoms with Gasteiger partial charge in [-0.15, -0.1) is 12.4 Å². The van der Waals surface area contributed by atoms with Crippen LogP contribution in [0.2, 0.25) is 0 Å². The van der Waals surface area contributed by atoms with E-state index in [0.29, 0.717) is 0 Å². The average Bonchev–Trinajstić information content (AvgIpc) is 1.70. The zero-order valence-electron chi connectivity index (χ0n) is 8.53. The molecular weight excluding hydrogens is 144 g/mol. The molecule has 0 bridgehead atoms. The van der Waals surface area contributed by atoms with E-state index in [2.05, 4.69) is 41.5 Å². The fourth-order valence-corrected chi connectivity index (χ4v) is 0. The minimum absolute atomic E-state index is 0. The molecule has 0 rings (SSSR count). The summed E-state index contributed by atoms with van der Waals surface area (Å²) in [5.74, 6) is 0. The molecule has 0 spiro atoms. The summed E-state index contributed by atoms with van der Waals surface area (Å²) < 4.78 is 0. The topological polar surface area (TPSA) is 0 Å². The highest BCUT2D eigenvalue weighted by atomic mass is 35.5. The Morgan fingerprint density at radius 1 is 0.500 bits per heavy atom. The van der Waals surface area contributed by atoms with Crippen LogP contribution in [0.15, 0.2) is 0 Å². The van der Waals surface area contributed by atoms with Crippen molar-refractivity contribution in [3.63, 3.8) is 0 Å². The van der Waals surface area contributed by atoms with Crippen LogP contribution in [0.3, 0.4) is 0 Å². The zero-order chi connectivity index (χ0) is 8.12. The molecule has 0 aliphatic rings. The first-order valence-electron chi connectivity index (χ1n) is 4.24. The van der Waals surface area contributed by atoms with Gasteiger partial charge in [-0.25, -0.2) is 0 Å². The lowest BCUT2D eigenvalue weighted by molar-refractivity contribution is 1.09. The third-order valence-corrected chi connectivity index (χ3v) is 0. The Hall–Kier alpha value is 0.290. The molecule has 68 valence electrons. The summed E-state index contributed by atoms with van der Waals surface area (Å²) in [5.41, 5.74) is 0. The van der Waals surface area contributed by atoms with E-state index in [0.717, 1.165) is 0 Å². The molecule has 0 amide bonds. The van der Waals surface area contributed by atoms with Gasteiger partial charge in [-0.05, 0) is 0 Å². The van der Waals surface area contributed by atoms with Gasteiger partial charge in [0.15, 0.2) is 0 Å². The van der Waals surface area contributed by atoms with Crippen LogP contribution in [0.5, 0.6) is 0 Å². The molecule has 0 aliphatic carbocycles. The number of hydrogen-bond acceptors (Lipinski definition) is 0. The van der Waals surface area contributed by atoms with Crippen LogP contribution in [0.25, 0.3) is 0 Å². The van der Waals surface area contributed by atoms with Crippen molar-refractivity contribution >= 4 is 12.4 Å². The van der Waals surface area contributed by atoms with Crippen molar-refractivity contribution in [2.75, 3.05) is 0 Å². The van der Waals surface area contributed by atoms with Crippen molar-refractivity contribution in [2.24, 2.45) is 0 Å². The van der Waals surface area contributed by atoms with E-state index in [-0.39, 0.29) is 12.4 Å². The smallest absolute Gasteiger partial charge is 0.0590 e. The number of halogens is 1. The van der Waals surface area contributed by atoms with Gasteiger partial charge in [-0.1, -0.05) is 60.8 Å². The van der Waals surface area contributed by atoms with Crippen LogP contribution in [-0.4, -0.2) is 0 Å². The molecule has 0 unspecified atom stereocenters. The minimum Gasteiger partial charge on any atom is -0.147 e. The van der Waals surface area contributed by atoms with Gasteiger partial charge >= 0.3 is 0 Å². The first-order valence-corrected chi connectivity index (χ1v) is 4.24. The van der Waals surface area contributed by atoms with Crippen molar-refractivity contribution < 1.29 is 0 Å². The predicted molar refractivity (Wildman–Crippen MR) is 55.1 cm³/mol. The maximum absolute atomic E-state index is 2.12. The maximum atomic E-state index is 2.12. The molecule has 0 radical (unpaired) electrons.